The Bertz CT molecular complexity index is 689. The van der Waals surface area contributed by atoms with Crippen molar-refractivity contribution < 1.29 is 23.0 Å². The number of phosphoric acid groups is 1. The van der Waals surface area contributed by atoms with E-state index in [2.05, 4.69) is 35.0 Å². The molecule has 0 aliphatic rings. The maximum atomic E-state index is 12.9. The van der Waals surface area contributed by atoms with Crippen LogP contribution < -0.4 is 4.89 Å². The molecule has 0 rings (SSSR count). The summed E-state index contributed by atoms with van der Waals surface area (Å²) in [6.45, 7) is 7.11. The summed E-state index contributed by atoms with van der Waals surface area (Å²) in [5, 5.41) is 0. The van der Waals surface area contributed by atoms with E-state index < -0.39 is 13.4 Å². The van der Waals surface area contributed by atoms with Crippen LogP contribution in [0.3, 0.4) is 0 Å². The van der Waals surface area contributed by atoms with E-state index >= 15 is 0 Å². The van der Waals surface area contributed by atoms with Gasteiger partial charge in [0, 0.05) is 0 Å². The Morgan fingerprint density at radius 1 is 0.449 bits per heavy atom. The maximum absolute atomic E-state index is 12.9. The summed E-state index contributed by atoms with van der Waals surface area (Å²) in [5.41, 5.74) is -0.684. The molecule has 0 aliphatic carbocycles. The molecule has 0 bridgehead atoms. The fourth-order valence-electron chi connectivity index (χ4n) is 7.68. The fourth-order valence-corrected chi connectivity index (χ4v) is 8.76. The van der Waals surface area contributed by atoms with Crippen LogP contribution in [0.2, 0.25) is 0 Å². The Morgan fingerprint density at radius 3 is 0.918 bits per heavy atom. The summed E-state index contributed by atoms with van der Waals surface area (Å²) < 4.78 is 24.7. The fraction of sp³-hybridized carbons (Fsp3) is 1.00. The third kappa shape index (κ3) is 34.9. The molecule has 0 fully saturated rings. The summed E-state index contributed by atoms with van der Waals surface area (Å²) in [5.74, 6) is 0. The second-order valence-corrected chi connectivity index (χ2v) is 18.0. The van der Waals surface area contributed by atoms with Gasteiger partial charge in [-0.15, -0.1) is 0 Å². The van der Waals surface area contributed by atoms with Crippen LogP contribution in [0.5, 0.6) is 0 Å². The van der Waals surface area contributed by atoms with Crippen molar-refractivity contribution in [2.45, 2.75) is 245 Å². The van der Waals surface area contributed by atoms with Crippen molar-refractivity contribution in [2.24, 2.45) is 0 Å². The standard InChI is InChI=1S/C43H90NO4P/c1-7-10-12-14-16-18-20-22-24-26-28-30-32-34-36-38-40-43(42-44(4,5)6,48-49(45,46)47-9-3)41-39-37-35-33-31-29-27-25-23-21-19-17-15-13-11-8-2/h7-42H2,1-6H3. The monoisotopic (exact) mass is 716 g/mol. The molecule has 0 N–H and O–H groups in total. The largest absolute Gasteiger partial charge is 0.756 e. The highest BCUT2D eigenvalue weighted by atomic mass is 31.2. The van der Waals surface area contributed by atoms with Crippen molar-refractivity contribution >= 4 is 7.82 Å². The van der Waals surface area contributed by atoms with Gasteiger partial charge in [-0.05, 0) is 19.8 Å². The first-order chi connectivity index (χ1) is 23.6. The summed E-state index contributed by atoms with van der Waals surface area (Å²) in [6, 6.07) is 0. The summed E-state index contributed by atoms with van der Waals surface area (Å²) >= 11 is 0. The lowest BCUT2D eigenvalue weighted by Gasteiger charge is -2.42. The smallest absolute Gasteiger partial charge is 0.268 e. The molecule has 5 nitrogen and oxygen atoms in total. The maximum Gasteiger partial charge on any atom is 0.268 e. The summed E-state index contributed by atoms with van der Waals surface area (Å²) in [7, 11) is 2.10. The molecule has 6 heteroatoms. The number of unbranched alkanes of at least 4 members (excludes halogenated alkanes) is 30. The predicted octanol–water partition coefficient (Wildman–Crippen LogP) is 14.3. The number of rotatable bonds is 40. The topological polar surface area (TPSA) is 58.6 Å². The Morgan fingerprint density at radius 2 is 0.694 bits per heavy atom. The van der Waals surface area contributed by atoms with E-state index in [1.165, 1.54) is 180 Å². The first-order valence-electron chi connectivity index (χ1n) is 22.1. The Balaban J connectivity index is 4.40. The van der Waals surface area contributed by atoms with Crippen molar-refractivity contribution in [3.8, 4) is 0 Å². The lowest BCUT2D eigenvalue weighted by atomic mass is 9.88. The molecule has 1 atom stereocenters. The molecule has 0 spiro atoms. The van der Waals surface area contributed by atoms with E-state index in [0.717, 1.165) is 38.5 Å². The lowest BCUT2D eigenvalue weighted by Crippen LogP contribution is -2.51. The van der Waals surface area contributed by atoms with Crippen LogP contribution in [0, 0.1) is 0 Å². The highest BCUT2D eigenvalue weighted by Crippen LogP contribution is 2.47. The van der Waals surface area contributed by atoms with E-state index in [9.17, 15) is 9.46 Å². The van der Waals surface area contributed by atoms with Gasteiger partial charge in [-0.3, -0.25) is 4.57 Å². The van der Waals surface area contributed by atoms with E-state index in [4.69, 9.17) is 9.05 Å². The van der Waals surface area contributed by atoms with Crippen molar-refractivity contribution in [1.29, 1.82) is 0 Å². The molecule has 1 unspecified atom stereocenters. The molecule has 0 saturated carbocycles. The lowest BCUT2D eigenvalue weighted by molar-refractivity contribution is -0.876. The van der Waals surface area contributed by atoms with Gasteiger partial charge < -0.3 is 18.4 Å². The number of phosphoric ester groups is 1. The van der Waals surface area contributed by atoms with Gasteiger partial charge in [-0.1, -0.05) is 219 Å². The molecule has 0 aromatic carbocycles. The molecule has 0 saturated heterocycles. The Kier molecular flexibility index (Phi) is 33.9. The number of quaternary nitrogens is 1. The van der Waals surface area contributed by atoms with E-state index in [0.29, 0.717) is 11.0 Å². The van der Waals surface area contributed by atoms with Crippen LogP contribution in [-0.2, 0) is 13.6 Å². The van der Waals surface area contributed by atoms with Crippen LogP contribution >= 0.6 is 7.82 Å². The molecular formula is C43H90NO4P. The zero-order valence-electron chi connectivity index (χ0n) is 34.5. The second kappa shape index (κ2) is 33.9. The minimum absolute atomic E-state index is 0.124. The molecule has 296 valence electrons. The van der Waals surface area contributed by atoms with Crippen molar-refractivity contribution in [1.82, 2.24) is 0 Å². The zero-order valence-corrected chi connectivity index (χ0v) is 35.4. The first-order valence-corrected chi connectivity index (χ1v) is 23.5. The van der Waals surface area contributed by atoms with Crippen LogP contribution in [0.1, 0.15) is 239 Å². The van der Waals surface area contributed by atoms with Gasteiger partial charge in [-0.2, -0.15) is 0 Å². The first kappa shape index (κ1) is 49.1. The molecule has 0 aromatic rings. The number of hydrogen-bond donors (Lipinski definition) is 0. The van der Waals surface area contributed by atoms with Gasteiger partial charge in [-0.25, -0.2) is 0 Å². The van der Waals surface area contributed by atoms with E-state index in [-0.39, 0.29) is 6.61 Å². The van der Waals surface area contributed by atoms with Gasteiger partial charge in [0.05, 0.1) is 27.7 Å². The average molecular weight is 716 g/mol. The molecule has 0 aliphatic heterocycles. The summed E-state index contributed by atoms with van der Waals surface area (Å²) in [6.07, 6.45) is 44.5. The van der Waals surface area contributed by atoms with Gasteiger partial charge >= 0.3 is 0 Å². The van der Waals surface area contributed by atoms with E-state index in [1.54, 1.807) is 6.92 Å². The van der Waals surface area contributed by atoms with Crippen LogP contribution in [0.25, 0.3) is 0 Å². The van der Waals surface area contributed by atoms with Gasteiger partial charge in [0.25, 0.3) is 7.82 Å². The van der Waals surface area contributed by atoms with Crippen LogP contribution in [-0.4, -0.2) is 44.4 Å². The van der Waals surface area contributed by atoms with Gasteiger partial charge in [0.1, 0.15) is 12.1 Å². The third-order valence-electron chi connectivity index (χ3n) is 10.3. The molecule has 0 amide bonds. The summed E-state index contributed by atoms with van der Waals surface area (Å²) in [4.78, 5) is 12.9. The Hall–Kier alpha value is 0.0700. The molecular weight excluding hydrogens is 625 g/mol. The van der Waals surface area contributed by atoms with Crippen molar-refractivity contribution in [2.75, 3.05) is 34.3 Å². The Labute approximate surface area is 309 Å². The second-order valence-electron chi connectivity index (χ2n) is 16.7. The SMILES string of the molecule is CCCCCCCCCCCCCCCCCCC(CCCCCCCCCCCCCCCCCC)(C[N+](C)(C)C)OP(=O)([O-])OCC. The molecule has 0 aromatic heterocycles. The number of likely N-dealkylation sites (N-methyl/N-ethyl adjacent to an activating group) is 1. The highest BCUT2D eigenvalue weighted by molar-refractivity contribution is 7.45. The normalized spacial score (nSPS) is 13.7. The van der Waals surface area contributed by atoms with Crippen LogP contribution in [0.4, 0.5) is 0 Å². The number of hydrogen-bond acceptors (Lipinski definition) is 4. The molecule has 0 radical (unpaired) electrons. The zero-order chi connectivity index (χ0) is 36.4. The minimum Gasteiger partial charge on any atom is -0.756 e. The van der Waals surface area contributed by atoms with Gasteiger partial charge in [0.2, 0.25) is 0 Å². The molecule has 49 heavy (non-hydrogen) atoms. The predicted molar refractivity (Wildman–Crippen MR) is 214 cm³/mol. The van der Waals surface area contributed by atoms with Crippen molar-refractivity contribution in [3.63, 3.8) is 0 Å². The van der Waals surface area contributed by atoms with E-state index in [1.807, 2.05) is 0 Å². The minimum atomic E-state index is -4.34. The third-order valence-corrected chi connectivity index (χ3v) is 11.5. The average Bonchev–Trinajstić information content (AvgIpc) is 3.03. The van der Waals surface area contributed by atoms with Gasteiger partial charge in [0.15, 0.2) is 0 Å². The molecule has 0 heterocycles. The highest BCUT2D eigenvalue weighted by Gasteiger charge is 2.39. The van der Waals surface area contributed by atoms with Crippen molar-refractivity contribution in [3.05, 3.63) is 0 Å². The van der Waals surface area contributed by atoms with Crippen LogP contribution in [0.15, 0.2) is 0 Å². The number of nitrogens with zero attached hydrogens (tertiary/aromatic N) is 1. The quantitative estimate of drug-likeness (QED) is 0.0360.